The number of allylic oxidation sites excluding steroid dienone is 4. The van der Waals surface area contributed by atoms with Gasteiger partial charge in [0.1, 0.15) is 0 Å². The van der Waals surface area contributed by atoms with E-state index in [9.17, 15) is 0 Å². The minimum atomic E-state index is 1.21. The van der Waals surface area contributed by atoms with E-state index in [4.69, 9.17) is 0 Å². The molecule has 3 aromatic rings. The van der Waals surface area contributed by atoms with Gasteiger partial charge in [-0.05, 0) is 16.7 Å². The van der Waals surface area contributed by atoms with Crippen molar-refractivity contribution in [3.8, 4) is 0 Å². The standard InChI is InChI=1S/C16H14.C10H10/c1-3-9-15(10-4-1)13-7-8-14-16-11-5-2-6-12-16;1-2-3-7-10-8-5-4-6-9-10/h1-14H;2-9H,1H2. The molecule has 0 aliphatic heterocycles. The largest absolute Gasteiger partial charge is 0.0991 e. The molecule has 0 saturated carbocycles. The van der Waals surface area contributed by atoms with E-state index in [1.807, 2.05) is 66.7 Å². The zero-order valence-electron chi connectivity index (χ0n) is 14.9. The van der Waals surface area contributed by atoms with Gasteiger partial charge in [-0.15, -0.1) is 0 Å². The van der Waals surface area contributed by atoms with Gasteiger partial charge in [-0.2, -0.15) is 0 Å². The highest BCUT2D eigenvalue weighted by Crippen LogP contribution is 2.04. The first kappa shape index (κ1) is 19.0. The molecule has 0 aliphatic rings. The van der Waals surface area contributed by atoms with Crippen LogP contribution in [0.1, 0.15) is 16.7 Å². The van der Waals surface area contributed by atoms with E-state index in [1.54, 1.807) is 6.08 Å². The lowest BCUT2D eigenvalue weighted by molar-refractivity contribution is 1.65. The van der Waals surface area contributed by atoms with E-state index in [2.05, 4.69) is 67.3 Å². The number of hydrogen-bond donors (Lipinski definition) is 0. The lowest BCUT2D eigenvalue weighted by Gasteiger charge is -1.90. The van der Waals surface area contributed by atoms with Gasteiger partial charge in [0, 0.05) is 0 Å². The van der Waals surface area contributed by atoms with Crippen molar-refractivity contribution < 1.29 is 0 Å². The Labute approximate surface area is 157 Å². The first-order valence-corrected chi connectivity index (χ1v) is 8.67. The second-order valence-electron chi connectivity index (χ2n) is 5.55. The summed E-state index contributed by atoms with van der Waals surface area (Å²) < 4.78 is 0. The van der Waals surface area contributed by atoms with Crippen LogP contribution in [0.3, 0.4) is 0 Å². The van der Waals surface area contributed by atoms with Gasteiger partial charge in [-0.1, -0.05) is 140 Å². The first-order chi connectivity index (χ1) is 12.9. The summed E-state index contributed by atoms with van der Waals surface area (Å²) in [5.41, 5.74) is 3.66. The van der Waals surface area contributed by atoms with Gasteiger partial charge >= 0.3 is 0 Å². The van der Waals surface area contributed by atoms with Crippen LogP contribution in [0.15, 0.2) is 122 Å². The molecular formula is C26H24. The molecule has 26 heavy (non-hydrogen) atoms. The lowest BCUT2D eigenvalue weighted by atomic mass is 10.2. The smallest absolute Gasteiger partial charge is 0.0257 e. The van der Waals surface area contributed by atoms with E-state index in [-0.39, 0.29) is 0 Å². The Morgan fingerprint density at radius 3 is 1.04 bits per heavy atom. The Morgan fingerprint density at radius 1 is 0.423 bits per heavy atom. The Morgan fingerprint density at radius 2 is 0.731 bits per heavy atom. The van der Waals surface area contributed by atoms with Crippen molar-refractivity contribution in [3.63, 3.8) is 0 Å². The summed E-state index contributed by atoms with van der Waals surface area (Å²) in [7, 11) is 0. The van der Waals surface area contributed by atoms with Crippen LogP contribution in [0.2, 0.25) is 0 Å². The fourth-order valence-electron chi connectivity index (χ4n) is 2.20. The summed E-state index contributed by atoms with van der Waals surface area (Å²) in [5, 5.41) is 0. The van der Waals surface area contributed by atoms with Crippen LogP contribution in [-0.4, -0.2) is 0 Å². The average Bonchev–Trinajstić information content (AvgIpc) is 2.72. The summed E-state index contributed by atoms with van der Waals surface area (Å²) in [6.07, 6.45) is 14.0. The summed E-state index contributed by atoms with van der Waals surface area (Å²) >= 11 is 0. The fourth-order valence-corrected chi connectivity index (χ4v) is 2.20. The molecule has 0 aliphatic carbocycles. The Balaban J connectivity index is 0.000000209. The van der Waals surface area contributed by atoms with Crippen LogP contribution < -0.4 is 0 Å². The summed E-state index contributed by atoms with van der Waals surface area (Å²) in [6, 6.07) is 30.7. The van der Waals surface area contributed by atoms with Gasteiger partial charge in [0.05, 0.1) is 0 Å². The van der Waals surface area contributed by atoms with Crippen molar-refractivity contribution in [2.75, 3.05) is 0 Å². The predicted molar refractivity (Wildman–Crippen MR) is 117 cm³/mol. The van der Waals surface area contributed by atoms with Crippen LogP contribution >= 0.6 is 0 Å². The third-order valence-electron chi connectivity index (χ3n) is 3.51. The average molecular weight is 336 g/mol. The van der Waals surface area contributed by atoms with Crippen LogP contribution in [-0.2, 0) is 0 Å². The second kappa shape index (κ2) is 12.0. The maximum Gasteiger partial charge on any atom is -0.0257 e. The van der Waals surface area contributed by atoms with Gasteiger partial charge in [-0.3, -0.25) is 0 Å². The van der Waals surface area contributed by atoms with E-state index in [1.165, 1.54) is 16.7 Å². The first-order valence-electron chi connectivity index (χ1n) is 8.67. The molecule has 0 N–H and O–H groups in total. The Bertz CT molecular complexity index is 775. The molecule has 3 aromatic carbocycles. The lowest BCUT2D eigenvalue weighted by Crippen LogP contribution is -1.68. The van der Waals surface area contributed by atoms with E-state index >= 15 is 0 Å². The molecule has 0 aromatic heterocycles. The van der Waals surface area contributed by atoms with Crippen molar-refractivity contribution in [2.24, 2.45) is 0 Å². The molecule has 0 bridgehead atoms. The molecule has 0 nitrogen and oxygen atoms in total. The number of benzene rings is 3. The molecule has 0 radical (unpaired) electrons. The van der Waals surface area contributed by atoms with Gasteiger partial charge in [-0.25, -0.2) is 0 Å². The molecule has 0 spiro atoms. The predicted octanol–water partition coefficient (Wildman–Crippen LogP) is 7.30. The molecule has 128 valence electrons. The van der Waals surface area contributed by atoms with Crippen molar-refractivity contribution in [1.82, 2.24) is 0 Å². The third kappa shape index (κ3) is 7.94. The van der Waals surface area contributed by atoms with Gasteiger partial charge in [0.2, 0.25) is 0 Å². The summed E-state index contributed by atoms with van der Waals surface area (Å²) in [5.74, 6) is 0. The third-order valence-corrected chi connectivity index (χ3v) is 3.51. The van der Waals surface area contributed by atoms with E-state index in [0.717, 1.165) is 0 Å². The minimum Gasteiger partial charge on any atom is -0.0991 e. The molecular weight excluding hydrogens is 312 g/mol. The van der Waals surface area contributed by atoms with Gasteiger partial charge in [0.25, 0.3) is 0 Å². The molecule has 0 saturated heterocycles. The van der Waals surface area contributed by atoms with Crippen molar-refractivity contribution in [2.45, 2.75) is 0 Å². The molecule has 0 atom stereocenters. The molecule has 0 heterocycles. The highest BCUT2D eigenvalue weighted by atomic mass is 13.9. The fraction of sp³-hybridized carbons (Fsp3) is 0. The van der Waals surface area contributed by atoms with Crippen molar-refractivity contribution in [3.05, 3.63) is 139 Å². The van der Waals surface area contributed by atoms with E-state index in [0.29, 0.717) is 0 Å². The van der Waals surface area contributed by atoms with Crippen LogP contribution in [0, 0.1) is 0 Å². The monoisotopic (exact) mass is 336 g/mol. The molecule has 0 heteroatoms. The molecule has 3 rings (SSSR count). The zero-order valence-corrected chi connectivity index (χ0v) is 14.9. The van der Waals surface area contributed by atoms with Crippen molar-refractivity contribution in [1.29, 1.82) is 0 Å². The maximum absolute atomic E-state index is 3.59. The summed E-state index contributed by atoms with van der Waals surface area (Å²) in [4.78, 5) is 0. The highest BCUT2D eigenvalue weighted by Gasteiger charge is 1.82. The number of hydrogen-bond acceptors (Lipinski definition) is 0. The maximum atomic E-state index is 3.59. The van der Waals surface area contributed by atoms with Crippen molar-refractivity contribution >= 4 is 18.2 Å². The molecule has 0 amide bonds. The Hall–Kier alpha value is -3.38. The zero-order chi connectivity index (χ0) is 18.3. The normalized spacial score (nSPS) is 10.8. The van der Waals surface area contributed by atoms with E-state index < -0.39 is 0 Å². The SMILES string of the molecule is C(C=Cc1ccccc1)=Cc1ccccc1.C=CC=Cc1ccccc1. The van der Waals surface area contributed by atoms with Crippen LogP contribution in [0.4, 0.5) is 0 Å². The van der Waals surface area contributed by atoms with Crippen LogP contribution in [0.25, 0.3) is 18.2 Å². The van der Waals surface area contributed by atoms with Gasteiger partial charge in [0.15, 0.2) is 0 Å². The quantitative estimate of drug-likeness (QED) is 0.429. The Kier molecular flexibility index (Phi) is 8.78. The van der Waals surface area contributed by atoms with Crippen LogP contribution in [0.5, 0.6) is 0 Å². The summed E-state index contributed by atoms with van der Waals surface area (Å²) in [6.45, 7) is 3.59. The minimum absolute atomic E-state index is 1.21. The highest BCUT2D eigenvalue weighted by molar-refractivity contribution is 5.56. The molecule has 0 unspecified atom stereocenters. The number of rotatable bonds is 5. The molecule has 0 fully saturated rings. The van der Waals surface area contributed by atoms with Gasteiger partial charge < -0.3 is 0 Å². The second-order valence-corrected chi connectivity index (χ2v) is 5.55. The topological polar surface area (TPSA) is 0 Å².